The number of amides is 1. The number of anilines is 1. The van der Waals surface area contributed by atoms with Crippen molar-refractivity contribution in [1.29, 1.82) is 0 Å². The normalized spacial score (nSPS) is 10.1. The summed E-state index contributed by atoms with van der Waals surface area (Å²) >= 11 is 0. The Morgan fingerprint density at radius 1 is 0.944 bits per heavy atom. The number of hydrazine groups is 1. The van der Waals surface area contributed by atoms with E-state index in [1.165, 1.54) is 5.01 Å². The van der Waals surface area contributed by atoms with E-state index in [0.717, 1.165) is 11.3 Å². The minimum absolute atomic E-state index is 0.0787. The number of carbonyl (C=O) groups excluding carboxylic acids is 1. The summed E-state index contributed by atoms with van der Waals surface area (Å²) in [6, 6.07) is 19.2. The van der Waals surface area contributed by atoms with Gasteiger partial charge in [0.1, 0.15) is 0 Å². The molecule has 0 spiro atoms. The summed E-state index contributed by atoms with van der Waals surface area (Å²) in [5.41, 5.74) is 1.86. The van der Waals surface area contributed by atoms with Crippen LogP contribution in [0.5, 0.6) is 0 Å². The minimum Gasteiger partial charge on any atom is -0.273 e. The first kappa shape index (κ1) is 12.3. The fourth-order valence-corrected chi connectivity index (χ4v) is 1.75. The highest BCUT2D eigenvalue weighted by atomic mass is 16.2. The van der Waals surface area contributed by atoms with Gasteiger partial charge in [0.25, 0.3) is 0 Å². The molecule has 0 fully saturated rings. The Morgan fingerprint density at radius 2 is 1.50 bits per heavy atom. The summed E-state index contributed by atoms with van der Waals surface area (Å²) in [4.78, 5) is 11.9. The second kappa shape index (κ2) is 5.98. The van der Waals surface area contributed by atoms with Gasteiger partial charge >= 0.3 is 0 Å². The van der Waals surface area contributed by atoms with Crippen LogP contribution in [0.25, 0.3) is 0 Å². The lowest BCUT2D eigenvalue weighted by atomic mass is 10.1. The molecule has 0 saturated heterocycles. The number of nitrogens with two attached hydrogens (primary N) is 1. The number of para-hydroxylation sites is 1. The summed E-state index contributed by atoms with van der Waals surface area (Å²) in [6.45, 7) is 0. The van der Waals surface area contributed by atoms with Crippen LogP contribution in [0.2, 0.25) is 0 Å². The molecular weight excluding hydrogens is 224 g/mol. The number of nitrogens with zero attached hydrogens (tertiary/aromatic N) is 1. The van der Waals surface area contributed by atoms with Gasteiger partial charge in [0.15, 0.2) is 0 Å². The summed E-state index contributed by atoms with van der Waals surface area (Å²) < 4.78 is 0. The van der Waals surface area contributed by atoms with Crippen LogP contribution in [0.4, 0.5) is 5.69 Å². The molecule has 2 aromatic carbocycles. The van der Waals surface area contributed by atoms with E-state index < -0.39 is 0 Å². The smallest absolute Gasteiger partial charge is 0.241 e. The largest absolute Gasteiger partial charge is 0.273 e. The van der Waals surface area contributed by atoms with E-state index in [-0.39, 0.29) is 5.91 Å². The number of rotatable bonds is 4. The fourth-order valence-electron chi connectivity index (χ4n) is 1.75. The first-order chi connectivity index (χ1) is 8.77. The van der Waals surface area contributed by atoms with E-state index in [0.29, 0.717) is 12.8 Å². The van der Waals surface area contributed by atoms with E-state index in [4.69, 9.17) is 5.84 Å². The highest BCUT2D eigenvalue weighted by Crippen LogP contribution is 2.11. The average molecular weight is 240 g/mol. The molecule has 2 aromatic rings. The van der Waals surface area contributed by atoms with Crippen molar-refractivity contribution >= 4 is 11.6 Å². The SMILES string of the molecule is NN(C(=O)CCc1ccccc1)c1ccccc1. The first-order valence-corrected chi connectivity index (χ1v) is 5.94. The Hall–Kier alpha value is -2.13. The molecule has 0 radical (unpaired) electrons. The van der Waals surface area contributed by atoms with Gasteiger partial charge in [-0.3, -0.25) is 4.79 Å². The Kier molecular flexibility index (Phi) is 4.10. The molecule has 0 aromatic heterocycles. The van der Waals surface area contributed by atoms with Crippen molar-refractivity contribution in [3.8, 4) is 0 Å². The average Bonchev–Trinajstić information content (AvgIpc) is 2.46. The van der Waals surface area contributed by atoms with E-state index in [1.807, 2.05) is 60.7 Å². The van der Waals surface area contributed by atoms with Gasteiger partial charge in [-0.05, 0) is 24.1 Å². The molecule has 0 aliphatic carbocycles. The standard InChI is InChI=1S/C15H16N2O/c16-17(14-9-5-2-6-10-14)15(18)12-11-13-7-3-1-4-8-13/h1-10H,11-12,16H2. The molecule has 3 nitrogen and oxygen atoms in total. The van der Waals surface area contributed by atoms with Crippen molar-refractivity contribution in [3.05, 3.63) is 66.2 Å². The van der Waals surface area contributed by atoms with Crippen LogP contribution in [0.3, 0.4) is 0 Å². The third kappa shape index (κ3) is 3.18. The van der Waals surface area contributed by atoms with Gasteiger partial charge < -0.3 is 0 Å². The number of carbonyl (C=O) groups is 1. The molecule has 2 N–H and O–H groups in total. The lowest BCUT2D eigenvalue weighted by Gasteiger charge is -2.16. The molecular formula is C15H16N2O. The van der Waals surface area contributed by atoms with Crippen molar-refractivity contribution in [2.75, 3.05) is 5.01 Å². The van der Waals surface area contributed by atoms with Gasteiger partial charge in [-0.1, -0.05) is 48.5 Å². The molecule has 0 aliphatic heterocycles. The molecule has 0 saturated carbocycles. The number of hydrogen-bond donors (Lipinski definition) is 1. The number of hydrogen-bond acceptors (Lipinski definition) is 2. The Balaban J connectivity index is 1.93. The van der Waals surface area contributed by atoms with Gasteiger partial charge in [-0.25, -0.2) is 10.9 Å². The van der Waals surface area contributed by atoms with Gasteiger partial charge in [-0.2, -0.15) is 0 Å². The lowest BCUT2D eigenvalue weighted by Crippen LogP contribution is -2.37. The monoisotopic (exact) mass is 240 g/mol. The number of aryl methyl sites for hydroxylation is 1. The molecule has 18 heavy (non-hydrogen) atoms. The molecule has 2 rings (SSSR count). The molecule has 0 aliphatic rings. The third-order valence-electron chi connectivity index (χ3n) is 2.77. The maximum Gasteiger partial charge on any atom is 0.241 e. The maximum atomic E-state index is 11.9. The van der Waals surface area contributed by atoms with Crippen LogP contribution in [-0.4, -0.2) is 5.91 Å². The molecule has 0 unspecified atom stereocenters. The Bertz CT molecular complexity index is 496. The molecule has 0 bridgehead atoms. The van der Waals surface area contributed by atoms with Gasteiger partial charge in [0, 0.05) is 6.42 Å². The van der Waals surface area contributed by atoms with Gasteiger partial charge in [-0.15, -0.1) is 0 Å². The topological polar surface area (TPSA) is 46.3 Å². The van der Waals surface area contributed by atoms with E-state index in [2.05, 4.69) is 0 Å². The maximum absolute atomic E-state index is 11.9. The molecule has 0 heterocycles. The van der Waals surface area contributed by atoms with E-state index >= 15 is 0 Å². The fraction of sp³-hybridized carbons (Fsp3) is 0.133. The molecule has 1 amide bonds. The predicted octanol–water partition coefficient (Wildman–Crippen LogP) is 2.53. The quantitative estimate of drug-likeness (QED) is 0.507. The third-order valence-corrected chi connectivity index (χ3v) is 2.77. The van der Waals surface area contributed by atoms with Gasteiger partial charge in [0.2, 0.25) is 5.91 Å². The predicted molar refractivity (Wildman–Crippen MR) is 72.9 cm³/mol. The second-order valence-corrected chi connectivity index (χ2v) is 4.08. The first-order valence-electron chi connectivity index (χ1n) is 5.94. The van der Waals surface area contributed by atoms with E-state index in [9.17, 15) is 4.79 Å². The zero-order valence-electron chi connectivity index (χ0n) is 10.1. The van der Waals surface area contributed by atoms with Crippen LogP contribution in [0.1, 0.15) is 12.0 Å². The van der Waals surface area contributed by atoms with Crippen LogP contribution < -0.4 is 10.9 Å². The summed E-state index contributed by atoms with van der Waals surface area (Å²) in [5, 5.41) is 1.21. The highest BCUT2D eigenvalue weighted by molar-refractivity contribution is 5.92. The summed E-state index contributed by atoms with van der Waals surface area (Å²) in [7, 11) is 0. The Labute approximate surface area is 107 Å². The van der Waals surface area contributed by atoms with Crippen molar-refractivity contribution in [3.63, 3.8) is 0 Å². The lowest BCUT2D eigenvalue weighted by molar-refractivity contribution is -0.118. The zero-order chi connectivity index (χ0) is 12.8. The van der Waals surface area contributed by atoms with Gasteiger partial charge in [0.05, 0.1) is 5.69 Å². The van der Waals surface area contributed by atoms with Crippen LogP contribution in [0, 0.1) is 0 Å². The van der Waals surface area contributed by atoms with Crippen LogP contribution >= 0.6 is 0 Å². The second-order valence-electron chi connectivity index (χ2n) is 4.08. The highest BCUT2D eigenvalue weighted by Gasteiger charge is 2.10. The molecule has 3 heteroatoms. The molecule has 0 atom stereocenters. The van der Waals surface area contributed by atoms with Crippen LogP contribution in [0.15, 0.2) is 60.7 Å². The summed E-state index contributed by atoms with van der Waals surface area (Å²) in [6.07, 6.45) is 1.12. The number of benzene rings is 2. The van der Waals surface area contributed by atoms with Crippen LogP contribution in [-0.2, 0) is 11.2 Å². The van der Waals surface area contributed by atoms with Crippen molar-refractivity contribution in [1.82, 2.24) is 0 Å². The van der Waals surface area contributed by atoms with Crippen molar-refractivity contribution in [2.24, 2.45) is 5.84 Å². The molecule has 92 valence electrons. The van der Waals surface area contributed by atoms with E-state index in [1.54, 1.807) is 0 Å². The summed E-state index contributed by atoms with van der Waals surface area (Å²) in [5.74, 6) is 5.71. The Morgan fingerprint density at radius 3 is 2.11 bits per heavy atom. The van der Waals surface area contributed by atoms with Crippen molar-refractivity contribution in [2.45, 2.75) is 12.8 Å². The van der Waals surface area contributed by atoms with Crippen molar-refractivity contribution < 1.29 is 4.79 Å². The zero-order valence-corrected chi connectivity index (χ0v) is 10.1. The minimum atomic E-state index is -0.0787.